The van der Waals surface area contributed by atoms with Crippen molar-refractivity contribution in [2.75, 3.05) is 7.11 Å². The molecule has 1 aromatic carbocycles. The van der Waals surface area contributed by atoms with Crippen LogP contribution in [0.4, 0.5) is 0 Å². The Hall–Kier alpha value is -3.48. The van der Waals surface area contributed by atoms with Crippen molar-refractivity contribution in [3.8, 4) is 11.8 Å². The number of halogens is 1. The monoisotopic (exact) mass is 509 g/mol. The molecular formula is C24H24BrN5O3. The molecule has 0 atom stereocenters. The molecule has 8 nitrogen and oxygen atoms in total. The molecule has 0 aliphatic carbocycles. The van der Waals surface area contributed by atoms with Crippen molar-refractivity contribution in [1.82, 2.24) is 14.6 Å². The minimum absolute atomic E-state index is 0.0286. The van der Waals surface area contributed by atoms with Crippen LogP contribution in [0.2, 0.25) is 0 Å². The van der Waals surface area contributed by atoms with Gasteiger partial charge in [0.1, 0.15) is 18.2 Å². The van der Waals surface area contributed by atoms with E-state index < -0.39 is 11.5 Å². The Morgan fingerprint density at radius 3 is 2.55 bits per heavy atom. The molecule has 2 aromatic heterocycles. The first kappa shape index (κ1) is 24.2. The molecule has 2 heterocycles. The molecule has 33 heavy (non-hydrogen) atoms. The smallest absolute Gasteiger partial charge is 0.269 e. The van der Waals surface area contributed by atoms with E-state index in [9.17, 15) is 14.9 Å². The first-order valence-electron chi connectivity index (χ1n) is 10.2. The van der Waals surface area contributed by atoms with Gasteiger partial charge in [-0.3, -0.25) is 9.59 Å². The van der Waals surface area contributed by atoms with Crippen LogP contribution in [0.15, 0.2) is 50.8 Å². The number of aromatic nitrogens is 2. The van der Waals surface area contributed by atoms with Gasteiger partial charge in [-0.2, -0.15) is 10.4 Å². The summed E-state index contributed by atoms with van der Waals surface area (Å²) in [5.74, 6) is -0.471. The standard InChI is InChI=1S/C24H24BrN5O3/c1-15-9-19(14-33-4)22(11-26)24(32)29(15)13-23(31)28-27-12-18-10-16(2)30(17(18)3)21-7-5-20(25)6-8-21/h5-10,12H,13-14H2,1-4H3,(H,28,31). The van der Waals surface area contributed by atoms with E-state index in [1.54, 1.807) is 19.2 Å². The second kappa shape index (κ2) is 10.4. The van der Waals surface area contributed by atoms with E-state index in [0.717, 1.165) is 27.1 Å². The highest BCUT2D eigenvalue weighted by Crippen LogP contribution is 2.21. The van der Waals surface area contributed by atoms with Gasteiger partial charge >= 0.3 is 0 Å². The van der Waals surface area contributed by atoms with Gasteiger partial charge in [-0.1, -0.05) is 15.9 Å². The number of hydrogen-bond donors (Lipinski definition) is 1. The molecule has 3 aromatic rings. The third-order valence-corrected chi connectivity index (χ3v) is 5.78. The Kier molecular flexibility index (Phi) is 7.63. The largest absolute Gasteiger partial charge is 0.380 e. The lowest BCUT2D eigenvalue weighted by Crippen LogP contribution is -2.33. The Morgan fingerprint density at radius 2 is 1.91 bits per heavy atom. The molecule has 9 heteroatoms. The fourth-order valence-electron chi connectivity index (χ4n) is 3.68. The number of hydrogen-bond acceptors (Lipinski definition) is 5. The van der Waals surface area contributed by atoms with Gasteiger partial charge in [0.05, 0.1) is 12.8 Å². The third kappa shape index (κ3) is 5.30. The average Bonchev–Trinajstić information content (AvgIpc) is 3.05. The number of amides is 1. The molecule has 170 valence electrons. The Balaban J connectivity index is 1.75. The first-order chi connectivity index (χ1) is 15.8. The summed E-state index contributed by atoms with van der Waals surface area (Å²) in [4.78, 5) is 25.1. The van der Waals surface area contributed by atoms with E-state index in [0.29, 0.717) is 11.3 Å². The molecule has 0 bridgehead atoms. The van der Waals surface area contributed by atoms with Crippen LogP contribution in [0, 0.1) is 32.1 Å². The zero-order chi connectivity index (χ0) is 24.1. The zero-order valence-corrected chi connectivity index (χ0v) is 20.4. The summed E-state index contributed by atoms with van der Waals surface area (Å²) in [5.41, 5.74) is 6.86. The molecule has 0 aliphatic rings. The van der Waals surface area contributed by atoms with E-state index in [1.165, 1.54) is 11.7 Å². The molecule has 1 N–H and O–H groups in total. The van der Waals surface area contributed by atoms with E-state index >= 15 is 0 Å². The maximum Gasteiger partial charge on any atom is 0.269 e. The molecule has 0 saturated heterocycles. The van der Waals surface area contributed by atoms with Crippen LogP contribution in [0.1, 0.15) is 33.8 Å². The zero-order valence-electron chi connectivity index (χ0n) is 18.8. The van der Waals surface area contributed by atoms with Gasteiger partial charge in [-0.15, -0.1) is 0 Å². The lowest BCUT2D eigenvalue weighted by molar-refractivity contribution is -0.121. The lowest BCUT2D eigenvalue weighted by Gasteiger charge is -2.12. The topological polar surface area (TPSA) is 101 Å². The summed E-state index contributed by atoms with van der Waals surface area (Å²) in [7, 11) is 1.49. The van der Waals surface area contributed by atoms with Gasteiger partial charge in [-0.05, 0) is 57.2 Å². The number of aryl methyl sites for hydroxylation is 2. The van der Waals surface area contributed by atoms with Crippen molar-refractivity contribution >= 4 is 28.1 Å². The number of ether oxygens (including phenoxy) is 1. The number of nitriles is 1. The van der Waals surface area contributed by atoms with Gasteiger partial charge in [0, 0.05) is 45.5 Å². The van der Waals surface area contributed by atoms with Crippen molar-refractivity contribution in [1.29, 1.82) is 5.26 Å². The highest BCUT2D eigenvalue weighted by atomic mass is 79.9. The average molecular weight is 510 g/mol. The fourth-order valence-corrected chi connectivity index (χ4v) is 3.94. The predicted molar refractivity (Wildman–Crippen MR) is 130 cm³/mol. The molecule has 0 radical (unpaired) electrons. The highest BCUT2D eigenvalue weighted by molar-refractivity contribution is 9.10. The van der Waals surface area contributed by atoms with E-state index in [4.69, 9.17) is 4.74 Å². The minimum Gasteiger partial charge on any atom is -0.380 e. The van der Waals surface area contributed by atoms with Crippen LogP contribution in [0.3, 0.4) is 0 Å². The van der Waals surface area contributed by atoms with Crippen LogP contribution in [-0.2, 0) is 22.7 Å². The van der Waals surface area contributed by atoms with Gasteiger partial charge < -0.3 is 13.9 Å². The number of nitrogens with zero attached hydrogens (tertiary/aromatic N) is 4. The summed E-state index contributed by atoms with van der Waals surface area (Å²) in [6.45, 7) is 5.58. The van der Waals surface area contributed by atoms with Crippen molar-refractivity contribution in [3.05, 3.63) is 85.0 Å². The van der Waals surface area contributed by atoms with Gasteiger partial charge in [0.25, 0.3) is 11.5 Å². The second-order valence-corrected chi connectivity index (χ2v) is 8.47. The van der Waals surface area contributed by atoms with E-state index in [-0.39, 0.29) is 18.7 Å². The van der Waals surface area contributed by atoms with Crippen molar-refractivity contribution in [2.24, 2.45) is 5.10 Å². The number of pyridine rings is 1. The first-order valence-corrected chi connectivity index (χ1v) is 10.9. The quantitative estimate of drug-likeness (QED) is 0.389. The lowest BCUT2D eigenvalue weighted by atomic mass is 10.1. The Labute approximate surface area is 200 Å². The maximum atomic E-state index is 12.6. The van der Waals surface area contributed by atoms with Crippen LogP contribution >= 0.6 is 15.9 Å². The van der Waals surface area contributed by atoms with E-state index in [1.807, 2.05) is 50.2 Å². The Morgan fingerprint density at radius 1 is 1.21 bits per heavy atom. The van der Waals surface area contributed by atoms with Gasteiger partial charge in [0.15, 0.2) is 0 Å². The molecule has 1 amide bonds. The number of benzene rings is 1. The molecule has 0 unspecified atom stereocenters. The number of hydrazone groups is 1. The van der Waals surface area contributed by atoms with Crippen LogP contribution in [0.25, 0.3) is 5.69 Å². The molecule has 0 saturated carbocycles. The Bertz CT molecular complexity index is 1310. The van der Waals surface area contributed by atoms with Crippen molar-refractivity contribution in [2.45, 2.75) is 33.9 Å². The SMILES string of the molecule is COCc1cc(C)n(CC(=O)NN=Cc2cc(C)n(-c3ccc(Br)cc3)c2C)c(=O)c1C#N. The summed E-state index contributed by atoms with van der Waals surface area (Å²) in [6, 6.07) is 13.5. The van der Waals surface area contributed by atoms with Crippen molar-refractivity contribution < 1.29 is 9.53 Å². The number of rotatable bonds is 7. The number of carbonyl (C=O) groups is 1. The van der Waals surface area contributed by atoms with Crippen molar-refractivity contribution in [3.63, 3.8) is 0 Å². The summed E-state index contributed by atoms with van der Waals surface area (Å²) >= 11 is 3.45. The predicted octanol–water partition coefficient (Wildman–Crippen LogP) is 3.50. The van der Waals surface area contributed by atoms with E-state index in [2.05, 4.69) is 31.0 Å². The van der Waals surface area contributed by atoms with Gasteiger partial charge in [-0.25, -0.2) is 5.43 Å². The molecular weight excluding hydrogens is 486 g/mol. The van der Waals surface area contributed by atoms with Crippen LogP contribution < -0.4 is 11.0 Å². The number of nitrogens with one attached hydrogen (secondary N) is 1. The fraction of sp³-hybridized carbons (Fsp3) is 0.250. The van der Waals surface area contributed by atoms with Crippen LogP contribution in [-0.4, -0.2) is 28.4 Å². The molecule has 3 rings (SSSR count). The minimum atomic E-state index is -0.526. The van der Waals surface area contributed by atoms with Crippen LogP contribution in [0.5, 0.6) is 0 Å². The number of carbonyl (C=O) groups excluding carboxylic acids is 1. The maximum absolute atomic E-state index is 12.6. The normalized spacial score (nSPS) is 11.0. The molecule has 0 spiro atoms. The van der Waals surface area contributed by atoms with Gasteiger partial charge in [0.2, 0.25) is 0 Å². The summed E-state index contributed by atoms with van der Waals surface area (Å²) < 4.78 is 9.40. The summed E-state index contributed by atoms with van der Waals surface area (Å²) in [6.07, 6.45) is 1.58. The second-order valence-electron chi connectivity index (χ2n) is 7.55. The number of methoxy groups -OCH3 is 1. The highest BCUT2D eigenvalue weighted by Gasteiger charge is 2.15. The molecule has 0 aliphatic heterocycles. The molecule has 0 fully saturated rings. The third-order valence-electron chi connectivity index (χ3n) is 5.25. The summed E-state index contributed by atoms with van der Waals surface area (Å²) in [5, 5.41) is 13.4.